The second kappa shape index (κ2) is 10.9. The number of hydrogen-bond acceptors (Lipinski definition) is 5. The van der Waals surface area contributed by atoms with Crippen LogP contribution in [0.25, 0.3) is 0 Å². The Kier molecular flexibility index (Phi) is 8.51. The zero-order chi connectivity index (χ0) is 21.6. The average molecular weight is 457 g/mol. The zero-order valence-corrected chi connectivity index (χ0v) is 19.3. The number of carbonyl (C=O) groups excluding carboxylic acids is 1. The Bertz CT molecular complexity index is 812. The molecular formula is C21H33ClN4O3S. The highest BCUT2D eigenvalue weighted by Crippen LogP contribution is 2.27. The van der Waals surface area contributed by atoms with Gasteiger partial charge in [-0.25, -0.2) is 13.4 Å². The van der Waals surface area contributed by atoms with Crippen LogP contribution >= 0.6 is 11.6 Å². The van der Waals surface area contributed by atoms with Gasteiger partial charge >= 0.3 is 0 Å². The molecule has 2 saturated heterocycles. The largest absolute Gasteiger partial charge is 0.354 e. The van der Waals surface area contributed by atoms with Crippen LogP contribution in [0.4, 0.5) is 0 Å². The molecular weight excluding hydrogens is 424 g/mol. The second-order valence-electron chi connectivity index (χ2n) is 8.25. The van der Waals surface area contributed by atoms with Crippen molar-refractivity contribution in [3.63, 3.8) is 0 Å². The fourth-order valence-electron chi connectivity index (χ4n) is 4.37. The van der Waals surface area contributed by atoms with E-state index >= 15 is 0 Å². The van der Waals surface area contributed by atoms with Crippen LogP contribution in [0.15, 0.2) is 23.2 Å². The quantitative estimate of drug-likeness (QED) is 0.608. The lowest BCUT2D eigenvalue weighted by molar-refractivity contribution is -0.126. The molecule has 1 amide bonds. The van der Waals surface area contributed by atoms with E-state index in [4.69, 9.17) is 11.6 Å². The van der Waals surface area contributed by atoms with E-state index in [2.05, 4.69) is 22.1 Å². The topological polar surface area (TPSA) is 82.6 Å². The smallest absolute Gasteiger partial charge is 0.246 e. The molecule has 0 aromatic carbocycles. The van der Waals surface area contributed by atoms with E-state index in [-0.39, 0.29) is 21.9 Å². The zero-order valence-electron chi connectivity index (χ0n) is 17.7. The van der Waals surface area contributed by atoms with Crippen molar-refractivity contribution in [1.29, 1.82) is 0 Å². The van der Waals surface area contributed by atoms with Gasteiger partial charge in [-0.1, -0.05) is 31.4 Å². The third kappa shape index (κ3) is 5.72. The minimum Gasteiger partial charge on any atom is -0.354 e. The fraction of sp³-hybridized carbons (Fsp3) is 0.714. The van der Waals surface area contributed by atoms with Crippen molar-refractivity contribution in [2.24, 2.45) is 5.92 Å². The molecule has 1 unspecified atom stereocenters. The van der Waals surface area contributed by atoms with Gasteiger partial charge < -0.3 is 5.32 Å². The molecule has 1 atom stereocenters. The van der Waals surface area contributed by atoms with Gasteiger partial charge in [-0.2, -0.15) is 4.31 Å². The molecule has 168 valence electrons. The number of nitrogens with zero attached hydrogens (tertiary/aromatic N) is 3. The first-order valence-corrected chi connectivity index (χ1v) is 12.9. The Labute approximate surface area is 185 Å². The van der Waals surface area contributed by atoms with Crippen molar-refractivity contribution in [3.05, 3.63) is 23.5 Å². The summed E-state index contributed by atoms with van der Waals surface area (Å²) >= 11 is 5.98. The molecule has 3 rings (SSSR count). The number of pyridine rings is 1. The third-order valence-corrected chi connectivity index (χ3v) is 8.57. The lowest BCUT2D eigenvalue weighted by Gasteiger charge is -2.36. The number of likely N-dealkylation sites (tertiary alicyclic amines) is 1. The summed E-state index contributed by atoms with van der Waals surface area (Å²) in [5.41, 5.74) is 0. The van der Waals surface area contributed by atoms with Gasteiger partial charge in [0.15, 0.2) is 0 Å². The molecule has 2 aliphatic heterocycles. The highest BCUT2D eigenvalue weighted by Gasteiger charge is 2.33. The summed E-state index contributed by atoms with van der Waals surface area (Å²) < 4.78 is 27.1. The van der Waals surface area contributed by atoms with Crippen LogP contribution in [0.3, 0.4) is 0 Å². The Morgan fingerprint density at radius 1 is 1.23 bits per heavy atom. The Morgan fingerprint density at radius 2 is 2.00 bits per heavy atom. The lowest BCUT2D eigenvalue weighted by Crippen LogP contribution is -2.49. The summed E-state index contributed by atoms with van der Waals surface area (Å²) in [6, 6.07) is 3.45. The summed E-state index contributed by atoms with van der Waals surface area (Å²) in [5.74, 6) is -0.0963. The van der Waals surface area contributed by atoms with Gasteiger partial charge in [0, 0.05) is 37.8 Å². The highest BCUT2D eigenvalue weighted by molar-refractivity contribution is 7.89. The minimum absolute atomic E-state index is 0.0162. The molecule has 7 nitrogen and oxygen atoms in total. The Balaban J connectivity index is 1.50. The predicted octanol–water partition coefficient (Wildman–Crippen LogP) is 2.91. The number of hydrogen-bond donors (Lipinski definition) is 1. The molecule has 2 aliphatic rings. The first kappa shape index (κ1) is 23.4. The summed E-state index contributed by atoms with van der Waals surface area (Å²) in [5, 5.41) is 3.13. The van der Waals surface area contributed by atoms with E-state index in [9.17, 15) is 13.2 Å². The average Bonchev–Trinajstić information content (AvgIpc) is 2.77. The molecule has 30 heavy (non-hydrogen) atoms. The first-order valence-electron chi connectivity index (χ1n) is 11.1. The Hall–Kier alpha value is -1.22. The van der Waals surface area contributed by atoms with Crippen molar-refractivity contribution in [2.45, 2.75) is 62.8 Å². The van der Waals surface area contributed by atoms with E-state index in [1.165, 1.54) is 42.3 Å². The van der Waals surface area contributed by atoms with Crippen molar-refractivity contribution in [3.8, 4) is 0 Å². The molecule has 1 aromatic heterocycles. The van der Waals surface area contributed by atoms with Gasteiger partial charge in [-0.05, 0) is 57.3 Å². The monoisotopic (exact) mass is 456 g/mol. The molecule has 2 fully saturated rings. The minimum atomic E-state index is -3.69. The number of sulfonamides is 1. The Morgan fingerprint density at radius 3 is 2.70 bits per heavy atom. The first-order chi connectivity index (χ1) is 14.4. The van der Waals surface area contributed by atoms with E-state index in [0.717, 1.165) is 19.5 Å². The standard InChI is InChI=1S/C21H33ClN4O3S/c1-2-3-12-25-13-5-4-7-18(25)16-24-21(27)17-9-14-26(15-10-17)30(28,29)19-8-6-11-23-20(19)22/h6,8,11,17-18H,2-5,7,9-10,12-16H2,1H3,(H,24,27). The van der Waals surface area contributed by atoms with Gasteiger partial charge in [0.1, 0.15) is 10.0 Å². The third-order valence-electron chi connectivity index (χ3n) is 6.23. The highest BCUT2D eigenvalue weighted by atomic mass is 35.5. The molecule has 0 aliphatic carbocycles. The summed E-state index contributed by atoms with van der Waals surface area (Å²) in [7, 11) is -3.69. The van der Waals surface area contributed by atoms with Gasteiger partial charge in [0.2, 0.25) is 15.9 Å². The van der Waals surface area contributed by atoms with Crippen molar-refractivity contribution < 1.29 is 13.2 Å². The van der Waals surface area contributed by atoms with Crippen LogP contribution in [0, 0.1) is 5.92 Å². The lowest BCUT2D eigenvalue weighted by atomic mass is 9.96. The van der Waals surface area contributed by atoms with Crippen molar-refractivity contribution in [2.75, 3.05) is 32.7 Å². The number of carbonyl (C=O) groups is 1. The number of halogens is 1. The summed E-state index contributed by atoms with van der Waals surface area (Å²) in [6.45, 7) is 5.75. The number of amides is 1. The molecule has 0 radical (unpaired) electrons. The molecule has 1 N–H and O–H groups in total. The van der Waals surface area contributed by atoms with Crippen LogP contribution in [-0.4, -0.2) is 67.3 Å². The number of unbranched alkanes of at least 4 members (excludes halogenated alkanes) is 1. The number of nitrogens with one attached hydrogen (secondary N) is 1. The second-order valence-corrected chi connectivity index (χ2v) is 10.5. The van der Waals surface area contributed by atoms with Gasteiger partial charge in [0.05, 0.1) is 0 Å². The maximum absolute atomic E-state index is 12.8. The summed E-state index contributed by atoms with van der Waals surface area (Å²) in [6.07, 6.45) is 8.47. The van der Waals surface area contributed by atoms with Gasteiger partial charge in [-0.15, -0.1) is 0 Å². The molecule has 0 bridgehead atoms. The van der Waals surface area contributed by atoms with Crippen molar-refractivity contribution in [1.82, 2.24) is 19.5 Å². The molecule has 1 aromatic rings. The van der Waals surface area contributed by atoms with E-state index in [1.807, 2.05) is 0 Å². The number of rotatable bonds is 8. The molecule has 9 heteroatoms. The van der Waals surface area contributed by atoms with E-state index in [1.54, 1.807) is 6.07 Å². The molecule has 3 heterocycles. The molecule has 0 spiro atoms. The molecule has 0 saturated carbocycles. The summed E-state index contributed by atoms with van der Waals surface area (Å²) in [4.78, 5) is 19.1. The van der Waals surface area contributed by atoms with Gasteiger partial charge in [-0.3, -0.25) is 9.69 Å². The van der Waals surface area contributed by atoms with Crippen LogP contribution in [-0.2, 0) is 14.8 Å². The van der Waals surface area contributed by atoms with Crippen LogP contribution in [0.5, 0.6) is 0 Å². The fourth-order valence-corrected chi connectivity index (χ4v) is 6.27. The predicted molar refractivity (Wildman–Crippen MR) is 118 cm³/mol. The maximum Gasteiger partial charge on any atom is 0.246 e. The van der Waals surface area contributed by atoms with Crippen molar-refractivity contribution >= 4 is 27.5 Å². The van der Waals surface area contributed by atoms with E-state index < -0.39 is 10.0 Å². The van der Waals surface area contributed by atoms with Crippen LogP contribution in [0.2, 0.25) is 5.15 Å². The van der Waals surface area contributed by atoms with Crippen LogP contribution in [0.1, 0.15) is 51.9 Å². The number of aromatic nitrogens is 1. The van der Waals surface area contributed by atoms with Gasteiger partial charge in [0.25, 0.3) is 0 Å². The SMILES string of the molecule is CCCCN1CCCCC1CNC(=O)C1CCN(S(=O)(=O)c2cccnc2Cl)CC1. The van der Waals surface area contributed by atoms with Crippen LogP contribution < -0.4 is 5.32 Å². The maximum atomic E-state index is 12.8. The number of piperidine rings is 2. The normalized spacial score (nSPS) is 22.1. The van der Waals surface area contributed by atoms with E-state index in [0.29, 0.717) is 38.5 Å².